The quantitative estimate of drug-likeness (QED) is 0.548. The fourth-order valence-corrected chi connectivity index (χ4v) is 3.53. The molecule has 1 aromatic rings. The number of aromatic nitrogens is 1. The van der Waals surface area contributed by atoms with Crippen LogP contribution in [0.25, 0.3) is 18.0 Å². The molecule has 1 aromatic heterocycles. The molecule has 0 saturated heterocycles. The van der Waals surface area contributed by atoms with Crippen molar-refractivity contribution in [3.05, 3.63) is 100 Å². The number of nitrogens with zero attached hydrogens (tertiary/aromatic N) is 3. The van der Waals surface area contributed by atoms with Crippen molar-refractivity contribution >= 4 is 35.2 Å². The molecule has 6 nitrogen and oxygen atoms in total. The van der Waals surface area contributed by atoms with E-state index in [1.54, 1.807) is 12.5 Å². The van der Waals surface area contributed by atoms with Gasteiger partial charge in [-0.2, -0.15) is 0 Å². The van der Waals surface area contributed by atoms with Gasteiger partial charge in [0.2, 0.25) is 5.88 Å². The first kappa shape index (κ1) is 18.7. The molecule has 5 aliphatic rings. The second-order valence-electron chi connectivity index (χ2n) is 6.91. The zero-order valence-corrected chi connectivity index (χ0v) is 20.0. The molecule has 5 aliphatic heterocycles. The molecule has 0 spiro atoms. The van der Waals surface area contributed by atoms with Crippen LogP contribution in [0.5, 0.6) is 0 Å². The molecule has 0 aromatic carbocycles. The minimum Gasteiger partial charge on any atom is -0.446 e. The number of ether oxygens (including phenoxy) is 1. The van der Waals surface area contributed by atoms with E-state index < -0.39 is 0 Å². The molecule has 6 rings (SSSR count). The number of fused-ring (bicyclic) bond motifs is 5. The summed E-state index contributed by atoms with van der Waals surface area (Å²) in [5, 5.41) is 4.97. The summed E-state index contributed by atoms with van der Waals surface area (Å²) >= 11 is 0. The SMILES string of the molecule is C1=COC(=c2cc3[nH]c2=CC2=NC(=CC4=NC(=CC5=NC(=C3)C=C5)C=C4)C=C2)N1.[Cd]. The molecule has 0 atom stereocenters. The van der Waals surface area contributed by atoms with E-state index >= 15 is 0 Å². The van der Waals surface area contributed by atoms with Crippen molar-refractivity contribution in [1.29, 1.82) is 0 Å². The smallest absolute Gasteiger partial charge is 0.206 e. The van der Waals surface area contributed by atoms with Crippen molar-refractivity contribution in [3.63, 3.8) is 0 Å². The number of aliphatic imine (C=N–C) groups is 3. The fraction of sp³-hybridized carbons (Fsp3) is 0. The molecular weight excluding hydrogens is 475 g/mol. The standard InChI is InChI=1S/C23H15N5O.Cd/c1-2-15-10-17-5-6-19(27-17)13-22-21(23-24-7-8-29-23)12-20(28-22)11-18-4-3-16(26-18)9-14(1)25-15;/h1-13,24,28H;. The van der Waals surface area contributed by atoms with Crippen LogP contribution in [0.1, 0.15) is 5.69 Å². The maximum absolute atomic E-state index is 5.59. The number of rotatable bonds is 0. The zero-order chi connectivity index (χ0) is 19.2. The second-order valence-corrected chi connectivity index (χ2v) is 6.91. The summed E-state index contributed by atoms with van der Waals surface area (Å²) in [6.07, 6.45) is 23.3. The minimum atomic E-state index is 0. The summed E-state index contributed by atoms with van der Waals surface area (Å²) < 4.78 is 5.59. The van der Waals surface area contributed by atoms with Crippen LogP contribution in [0.15, 0.2) is 99.2 Å². The Hall–Kier alpha value is -3.27. The van der Waals surface area contributed by atoms with Crippen molar-refractivity contribution in [3.8, 4) is 0 Å². The molecule has 140 valence electrons. The Kier molecular flexibility index (Phi) is 4.70. The first-order chi connectivity index (χ1) is 14.3. The first-order valence-electron chi connectivity index (χ1n) is 9.27. The van der Waals surface area contributed by atoms with Crippen molar-refractivity contribution in [2.24, 2.45) is 15.0 Å². The Morgan fingerprint density at radius 3 is 1.90 bits per heavy atom. The Morgan fingerprint density at radius 2 is 1.30 bits per heavy atom. The number of aromatic amines is 1. The number of hydrogen-bond acceptors (Lipinski definition) is 5. The van der Waals surface area contributed by atoms with E-state index in [4.69, 9.17) is 9.73 Å². The summed E-state index contributed by atoms with van der Waals surface area (Å²) in [5.74, 6) is 0.682. The van der Waals surface area contributed by atoms with Crippen molar-refractivity contribution in [2.75, 3.05) is 0 Å². The Bertz CT molecular complexity index is 1380. The molecule has 0 fully saturated rings. The summed E-state index contributed by atoms with van der Waals surface area (Å²) in [5.41, 5.74) is 6.16. The third-order valence-electron chi connectivity index (χ3n) is 4.82. The summed E-state index contributed by atoms with van der Waals surface area (Å²) in [6, 6.07) is 2.04. The summed E-state index contributed by atoms with van der Waals surface area (Å²) in [7, 11) is 0. The van der Waals surface area contributed by atoms with Crippen LogP contribution in [0.4, 0.5) is 0 Å². The van der Waals surface area contributed by atoms with Gasteiger partial charge in [0, 0.05) is 39.2 Å². The normalized spacial score (nSPS) is 21.6. The van der Waals surface area contributed by atoms with E-state index in [0.29, 0.717) is 5.88 Å². The van der Waals surface area contributed by atoms with Crippen molar-refractivity contribution in [1.82, 2.24) is 10.3 Å². The average Bonchev–Trinajstić information content (AvgIpc) is 3.50. The molecule has 0 aliphatic carbocycles. The second kappa shape index (κ2) is 7.53. The van der Waals surface area contributed by atoms with Crippen LogP contribution in [-0.4, -0.2) is 22.1 Å². The van der Waals surface area contributed by atoms with Crippen LogP contribution in [0.3, 0.4) is 0 Å². The van der Waals surface area contributed by atoms with Gasteiger partial charge in [0.05, 0.1) is 44.8 Å². The van der Waals surface area contributed by atoms with Gasteiger partial charge in [0.25, 0.3) is 0 Å². The van der Waals surface area contributed by atoms with Crippen molar-refractivity contribution < 1.29 is 32.0 Å². The van der Waals surface area contributed by atoms with Gasteiger partial charge in [-0.05, 0) is 66.8 Å². The maximum atomic E-state index is 5.59. The predicted octanol–water partition coefficient (Wildman–Crippen LogP) is 2.10. The van der Waals surface area contributed by atoms with Gasteiger partial charge in [-0.15, -0.1) is 0 Å². The van der Waals surface area contributed by atoms with Crippen LogP contribution in [0.2, 0.25) is 0 Å². The van der Waals surface area contributed by atoms with Gasteiger partial charge < -0.3 is 15.0 Å². The van der Waals surface area contributed by atoms with E-state index in [-0.39, 0.29) is 27.3 Å². The van der Waals surface area contributed by atoms with Gasteiger partial charge in [-0.1, -0.05) is 0 Å². The minimum absolute atomic E-state index is 0. The van der Waals surface area contributed by atoms with E-state index in [2.05, 4.69) is 20.3 Å². The largest absolute Gasteiger partial charge is 0.446 e. The van der Waals surface area contributed by atoms with Gasteiger partial charge >= 0.3 is 0 Å². The van der Waals surface area contributed by atoms with Crippen LogP contribution in [0, 0.1) is 0 Å². The first-order valence-corrected chi connectivity index (χ1v) is 9.27. The van der Waals surface area contributed by atoms with E-state index in [1.807, 2.05) is 66.8 Å². The fourth-order valence-electron chi connectivity index (χ4n) is 3.53. The van der Waals surface area contributed by atoms with Gasteiger partial charge in [0.15, 0.2) is 0 Å². The van der Waals surface area contributed by atoms with Crippen molar-refractivity contribution in [2.45, 2.75) is 0 Å². The average molecular weight is 490 g/mol. The molecule has 0 amide bonds. The van der Waals surface area contributed by atoms with E-state index in [1.165, 1.54) is 0 Å². The number of hydrogen-bond donors (Lipinski definition) is 2. The summed E-state index contributed by atoms with van der Waals surface area (Å²) in [6.45, 7) is 0. The molecule has 8 bridgehead atoms. The molecule has 30 heavy (non-hydrogen) atoms. The number of nitrogens with one attached hydrogen (secondary N) is 2. The monoisotopic (exact) mass is 491 g/mol. The van der Waals surface area contributed by atoms with E-state index in [0.717, 1.165) is 50.5 Å². The third-order valence-corrected chi connectivity index (χ3v) is 4.82. The number of allylic oxidation sites excluding steroid dienone is 8. The molecule has 0 unspecified atom stereocenters. The topological polar surface area (TPSA) is 74.1 Å². The summed E-state index contributed by atoms with van der Waals surface area (Å²) in [4.78, 5) is 17.5. The molecule has 0 saturated carbocycles. The Labute approximate surface area is 192 Å². The molecule has 0 radical (unpaired) electrons. The maximum Gasteiger partial charge on any atom is 0.206 e. The Morgan fingerprint density at radius 1 is 0.700 bits per heavy atom. The molecule has 7 heteroatoms. The van der Waals surface area contributed by atoms with Gasteiger partial charge in [-0.3, -0.25) is 0 Å². The number of H-pyrrole nitrogens is 1. The molecule has 6 heterocycles. The van der Waals surface area contributed by atoms with Gasteiger partial charge in [-0.25, -0.2) is 15.0 Å². The van der Waals surface area contributed by atoms with E-state index in [9.17, 15) is 0 Å². The van der Waals surface area contributed by atoms with Crippen LogP contribution < -0.4 is 15.9 Å². The van der Waals surface area contributed by atoms with Crippen LogP contribution >= 0.6 is 0 Å². The predicted molar refractivity (Wildman–Crippen MR) is 115 cm³/mol. The van der Waals surface area contributed by atoms with Gasteiger partial charge in [0.1, 0.15) is 6.26 Å². The zero-order valence-electron chi connectivity index (χ0n) is 16.0. The molecular formula is C23H15CdN5O. The Balaban J connectivity index is 0.00000193. The van der Waals surface area contributed by atoms with Crippen LogP contribution in [-0.2, 0) is 32.0 Å². The molecule has 2 N–H and O–H groups in total. The third kappa shape index (κ3) is 3.54.